The molecule has 4 nitrogen and oxygen atoms in total. The van der Waals surface area contributed by atoms with Crippen molar-refractivity contribution in [3.8, 4) is 5.69 Å². The Bertz CT molecular complexity index is 813. The van der Waals surface area contributed by atoms with E-state index in [1.54, 1.807) is 40.4 Å². The third kappa shape index (κ3) is 4.17. The smallest absolute Gasteiger partial charge is 0.271 e. The Balaban J connectivity index is 1.58. The second kappa shape index (κ2) is 7.22. The molecule has 118 valence electrons. The molecular formula is C16H13FIN3OS. The van der Waals surface area contributed by atoms with Gasteiger partial charge in [0.15, 0.2) is 5.69 Å². The molecule has 0 aliphatic heterocycles. The molecule has 2 aromatic heterocycles. The third-order valence-electron chi connectivity index (χ3n) is 3.20. The number of rotatable bonds is 5. The summed E-state index contributed by atoms with van der Waals surface area (Å²) in [5.74, 6) is -0.515. The van der Waals surface area contributed by atoms with Crippen molar-refractivity contribution in [2.24, 2.45) is 0 Å². The van der Waals surface area contributed by atoms with Crippen LogP contribution in [-0.4, -0.2) is 22.2 Å². The molecule has 0 radical (unpaired) electrons. The number of hydrogen-bond donors (Lipinski definition) is 1. The quantitative estimate of drug-likeness (QED) is 0.615. The molecule has 0 unspecified atom stereocenters. The lowest BCUT2D eigenvalue weighted by Gasteiger charge is -2.02. The lowest BCUT2D eigenvalue weighted by Crippen LogP contribution is -2.26. The molecule has 3 aromatic rings. The van der Waals surface area contributed by atoms with Gasteiger partial charge in [0, 0.05) is 17.6 Å². The minimum absolute atomic E-state index is 0.211. The van der Waals surface area contributed by atoms with Crippen LogP contribution in [0.5, 0.6) is 0 Å². The summed E-state index contributed by atoms with van der Waals surface area (Å²) >= 11 is 4.00. The van der Waals surface area contributed by atoms with Crippen molar-refractivity contribution in [3.63, 3.8) is 0 Å². The first kappa shape index (κ1) is 16.1. The summed E-state index contributed by atoms with van der Waals surface area (Å²) < 4.78 is 15.7. The van der Waals surface area contributed by atoms with Crippen molar-refractivity contribution in [1.82, 2.24) is 15.1 Å². The number of nitrogens with one attached hydrogen (secondary N) is 1. The van der Waals surface area contributed by atoms with Crippen molar-refractivity contribution in [3.05, 3.63) is 67.9 Å². The Morgan fingerprint density at radius 2 is 2.00 bits per heavy atom. The molecule has 0 aliphatic rings. The van der Waals surface area contributed by atoms with E-state index in [4.69, 9.17) is 0 Å². The fraction of sp³-hybridized carbons (Fsp3) is 0.125. The van der Waals surface area contributed by atoms with Crippen LogP contribution in [-0.2, 0) is 6.42 Å². The molecule has 0 bridgehead atoms. The fourth-order valence-corrected chi connectivity index (χ4v) is 3.81. The van der Waals surface area contributed by atoms with Crippen LogP contribution in [0.2, 0.25) is 0 Å². The molecule has 0 saturated heterocycles. The number of nitrogens with zero attached hydrogens (tertiary/aromatic N) is 2. The van der Waals surface area contributed by atoms with E-state index in [-0.39, 0.29) is 11.7 Å². The number of benzene rings is 1. The van der Waals surface area contributed by atoms with E-state index in [1.165, 1.54) is 19.9 Å². The molecule has 0 saturated carbocycles. The maximum absolute atomic E-state index is 12.9. The highest BCUT2D eigenvalue weighted by atomic mass is 127. The number of carbonyl (C=O) groups is 1. The molecule has 0 spiro atoms. The van der Waals surface area contributed by atoms with E-state index in [0.29, 0.717) is 17.9 Å². The Hall–Kier alpha value is -1.74. The van der Waals surface area contributed by atoms with Gasteiger partial charge in [0.25, 0.3) is 5.91 Å². The van der Waals surface area contributed by atoms with Gasteiger partial charge in [-0.1, -0.05) is 0 Å². The number of thiophene rings is 1. The second-order valence-corrected chi connectivity index (χ2v) is 7.90. The number of carbonyl (C=O) groups excluding carboxylic acids is 1. The highest BCUT2D eigenvalue weighted by Gasteiger charge is 2.10. The molecule has 1 N–H and O–H groups in total. The summed E-state index contributed by atoms with van der Waals surface area (Å²) in [5, 5.41) is 7.08. The topological polar surface area (TPSA) is 46.9 Å². The SMILES string of the molecule is O=C(NCCc1ccc(I)s1)c1ccn(-c2ccc(F)cc2)n1. The second-order valence-electron chi connectivity index (χ2n) is 4.83. The highest BCUT2D eigenvalue weighted by Crippen LogP contribution is 2.18. The number of amides is 1. The minimum atomic E-state index is -0.304. The van der Waals surface area contributed by atoms with E-state index in [9.17, 15) is 9.18 Å². The summed E-state index contributed by atoms with van der Waals surface area (Å²) in [6, 6.07) is 11.7. The fourth-order valence-electron chi connectivity index (χ4n) is 2.06. The van der Waals surface area contributed by atoms with Gasteiger partial charge in [0.1, 0.15) is 5.82 Å². The number of halogens is 2. The van der Waals surface area contributed by atoms with Crippen LogP contribution in [0.4, 0.5) is 4.39 Å². The van der Waals surface area contributed by atoms with Crippen LogP contribution in [0.1, 0.15) is 15.4 Å². The average Bonchev–Trinajstić information content (AvgIpc) is 3.17. The minimum Gasteiger partial charge on any atom is -0.350 e. The first-order valence-electron chi connectivity index (χ1n) is 6.96. The summed E-state index contributed by atoms with van der Waals surface area (Å²) in [7, 11) is 0. The Morgan fingerprint density at radius 1 is 1.22 bits per heavy atom. The first-order valence-corrected chi connectivity index (χ1v) is 8.85. The van der Waals surface area contributed by atoms with Gasteiger partial charge in [-0.25, -0.2) is 9.07 Å². The van der Waals surface area contributed by atoms with Gasteiger partial charge in [0.2, 0.25) is 0 Å². The van der Waals surface area contributed by atoms with Gasteiger partial charge >= 0.3 is 0 Å². The average molecular weight is 441 g/mol. The van der Waals surface area contributed by atoms with Crippen molar-refractivity contribution in [2.75, 3.05) is 6.54 Å². The molecule has 0 aliphatic carbocycles. The van der Waals surface area contributed by atoms with Crippen LogP contribution in [0.25, 0.3) is 5.69 Å². The van der Waals surface area contributed by atoms with E-state index in [0.717, 1.165) is 6.42 Å². The predicted molar refractivity (Wildman–Crippen MR) is 96.6 cm³/mol. The van der Waals surface area contributed by atoms with E-state index >= 15 is 0 Å². The van der Waals surface area contributed by atoms with Gasteiger partial charge in [-0.3, -0.25) is 4.79 Å². The zero-order valence-electron chi connectivity index (χ0n) is 12.0. The molecule has 3 rings (SSSR count). The highest BCUT2D eigenvalue weighted by molar-refractivity contribution is 14.1. The molecule has 23 heavy (non-hydrogen) atoms. The number of hydrogen-bond acceptors (Lipinski definition) is 3. The molecule has 1 amide bonds. The lowest BCUT2D eigenvalue weighted by atomic mass is 10.3. The Labute approximate surface area is 150 Å². The normalized spacial score (nSPS) is 10.7. The predicted octanol–water partition coefficient (Wildman–Crippen LogP) is 3.65. The molecule has 0 atom stereocenters. The maximum Gasteiger partial charge on any atom is 0.271 e. The third-order valence-corrected chi connectivity index (χ3v) is 5.15. The van der Waals surface area contributed by atoms with Crippen LogP contribution in [0, 0.1) is 8.70 Å². The molecule has 7 heteroatoms. The first-order chi connectivity index (χ1) is 11.1. The van der Waals surface area contributed by atoms with Crippen LogP contribution in [0.15, 0.2) is 48.7 Å². The largest absolute Gasteiger partial charge is 0.350 e. The van der Waals surface area contributed by atoms with Gasteiger partial charge in [0.05, 0.1) is 8.57 Å². The van der Waals surface area contributed by atoms with E-state index in [1.807, 2.05) is 0 Å². The standard InChI is InChI=1S/C16H13FIN3OS/c17-11-1-3-12(4-2-11)21-10-8-14(20-21)16(22)19-9-7-13-5-6-15(18)23-13/h1-6,8,10H,7,9H2,(H,19,22). The molecule has 1 aromatic carbocycles. The lowest BCUT2D eigenvalue weighted by molar-refractivity contribution is 0.0949. The summed E-state index contributed by atoms with van der Waals surface area (Å²) in [6.45, 7) is 0.568. The molecular weight excluding hydrogens is 428 g/mol. The summed E-state index contributed by atoms with van der Waals surface area (Å²) in [5.41, 5.74) is 1.05. The van der Waals surface area contributed by atoms with Gasteiger partial charge in [-0.2, -0.15) is 5.10 Å². The molecule has 0 fully saturated rings. The maximum atomic E-state index is 12.9. The summed E-state index contributed by atoms with van der Waals surface area (Å²) in [6.07, 6.45) is 2.49. The Morgan fingerprint density at radius 3 is 2.70 bits per heavy atom. The van der Waals surface area contributed by atoms with E-state index in [2.05, 4.69) is 45.1 Å². The van der Waals surface area contributed by atoms with Crippen LogP contribution < -0.4 is 5.32 Å². The van der Waals surface area contributed by atoms with Crippen molar-refractivity contribution < 1.29 is 9.18 Å². The van der Waals surface area contributed by atoms with Crippen LogP contribution >= 0.6 is 33.9 Å². The zero-order chi connectivity index (χ0) is 16.2. The van der Waals surface area contributed by atoms with Crippen molar-refractivity contribution in [1.29, 1.82) is 0 Å². The van der Waals surface area contributed by atoms with Crippen molar-refractivity contribution >= 4 is 39.8 Å². The Kier molecular flexibility index (Phi) is 5.06. The van der Waals surface area contributed by atoms with Gasteiger partial charge < -0.3 is 5.32 Å². The van der Waals surface area contributed by atoms with Crippen molar-refractivity contribution in [2.45, 2.75) is 6.42 Å². The molecule has 2 heterocycles. The number of aromatic nitrogens is 2. The van der Waals surface area contributed by atoms with Crippen LogP contribution in [0.3, 0.4) is 0 Å². The monoisotopic (exact) mass is 441 g/mol. The summed E-state index contributed by atoms with van der Waals surface area (Å²) in [4.78, 5) is 13.3. The van der Waals surface area contributed by atoms with Gasteiger partial charge in [-0.15, -0.1) is 11.3 Å². The van der Waals surface area contributed by atoms with Gasteiger partial charge in [-0.05, 0) is 71.5 Å². The van der Waals surface area contributed by atoms with E-state index < -0.39 is 0 Å². The zero-order valence-corrected chi connectivity index (χ0v) is 15.0.